The molecule has 0 bridgehead atoms. The molecule has 0 aliphatic heterocycles. The molecule has 3 rings (SSSR count). The van der Waals surface area contributed by atoms with E-state index < -0.39 is 17.2 Å². The Bertz CT molecular complexity index is 1190. The van der Waals surface area contributed by atoms with Crippen molar-refractivity contribution in [3.05, 3.63) is 72.5 Å². The summed E-state index contributed by atoms with van der Waals surface area (Å²) in [6.07, 6.45) is 1.51. The third kappa shape index (κ3) is 3.59. The maximum absolute atomic E-state index is 12.5. The summed E-state index contributed by atoms with van der Waals surface area (Å²) >= 11 is 3.35. The maximum Gasteiger partial charge on any atom is 0.332 e. The zero-order chi connectivity index (χ0) is 19.7. The van der Waals surface area contributed by atoms with E-state index in [-0.39, 0.29) is 16.6 Å². The van der Waals surface area contributed by atoms with Crippen molar-refractivity contribution in [2.45, 2.75) is 6.92 Å². The summed E-state index contributed by atoms with van der Waals surface area (Å²) in [7, 11) is 2.91. The molecule has 0 radical (unpaired) electrons. The first-order valence-corrected chi connectivity index (χ1v) is 8.75. The van der Waals surface area contributed by atoms with Gasteiger partial charge in [-0.3, -0.25) is 18.7 Å². The second-order valence-corrected chi connectivity index (χ2v) is 6.86. The highest BCUT2D eigenvalue weighted by Crippen LogP contribution is 2.12. The van der Waals surface area contributed by atoms with Gasteiger partial charge in [-0.15, -0.1) is 0 Å². The van der Waals surface area contributed by atoms with E-state index in [1.807, 2.05) is 24.3 Å². The predicted molar refractivity (Wildman–Crippen MR) is 106 cm³/mol. The molecule has 0 saturated carbocycles. The number of aryl methyl sites for hydroxylation is 2. The van der Waals surface area contributed by atoms with E-state index in [4.69, 9.17) is 0 Å². The Balaban J connectivity index is 1.95. The summed E-state index contributed by atoms with van der Waals surface area (Å²) in [5.41, 5.74) is 3.10. The SMILES string of the molecule is Cc1nc2c(cc1C(=O)NN=Cc1ccc(Br)cc1)c(=O)n(C)c(=O)n2C. The topological polar surface area (TPSA) is 98.3 Å². The zero-order valence-corrected chi connectivity index (χ0v) is 16.4. The number of rotatable bonds is 3. The molecule has 1 N–H and O–H groups in total. The van der Waals surface area contributed by atoms with Crippen LogP contribution in [0.25, 0.3) is 11.0 Å². The second-order valence-electron chi connectivity index (χ2n) is 5.95. The minimum Gasteiger partial charge on any atom is -0.280 e. The number of pyridine rings is 1. The largest absolute Gasteiger partial charge is 0.332 e. The molecule has 0 atom stereocenters. The fourth-order valence-corrected chi connectivity index (χ4v) is 2.86. The Morgan fingerprint density at radius 3 is 2.52 bits per heavy atom. The van der Waals surface area contributed by atoms with E-state index in [0.717, 1.165) is 14.6 Å². The van der Waals surface area contributed by atoms with Crippen LogP contribution in [-0.2, 0) is 14.1 Å². The number of hydrogen-bond acceptors (Lipinski definition) is 5. The minimum absolute atomic E-state index is 0.187. The first-order chi connectivity index (χ1) is 12.8. The van der Waals surface area contributed by atoms with Crippen LogP contribution in [0.4, 0.5) is 0 Å². The summed E-state index contributed by atoms with van der Waals surface area (Å²) in [4.78, 5) is 41.1. The fraction of sp³-hybridized carbons (Fsp3) is 0.167. The van der Waals surface area contributed by atoms with Crippen LogP contribution in [-0.4, -0.2) is 26.2 Å². The monoisotopic (exact) mass is 429 g/mol. The summed E-state index contributed by atoms with van der Waals surface area (Å²) in [5, 5.41) is 4.12. The van der Waals surface area contributed by atoms with Gasteiger partial charge in [0, 0.05) is 18.6 Å². The van der Waals surface area contributed by atoms with Crippen LogP contribution in [0.5, 0.6) is 0 Å². The molecule has 0 spiro atoms. The van der Waals surface area contributed by atoms with Crippen molar-refractivity contribution in [3.63, 3.8) is 0 Å². The van der Waals surface area contributed by atoms with E-state index in [2.05, 4.69) is 31.4 Å². The normalized spacial score (nSPS) is 11.3. The van der Waals surface area contributed by atoms with Crippen LogP contribution >= 0.6 is 15.9 Å². The maximum atomic E-state index is 12.5. The molecule has 27 heavy (non-hydrogen) atoms. The molecule has 1 amide bonds. The number of nitrogens with one attached hydrogen (secondary N) is 1. The molecule has 0 saturated heterocycles. The van der Waals surface area contributed by atoms with Gasteiger partial charge in [-0.1, -0.05) is 28.1 Å². The molecule has 0 unspecified atom stereocenters. The number of amides is 1. The second kappa shape index (κ2) is 7.28. The molecule has 1 aromatic carbocycles. The van der Waals surface area contributed by atoms with E-state index in [0.29, 0.717) is 5.69 Å². The van der Waals surface area contributed by atoms with Crippen LogP contribution in [0.3, 0.4) is 0 Å². The van der Waals surface area contributed by atoms with Gasteiger partial charge in [0.15, 0.2) is 0 Å². The van der Waals surface area contributed by atoms with Crippen molar-refractivity contribution in [3.8, 4) is 0 Å². The molecule has 138 valence electrons. The molecule has 8 nitrogen and oxygen atoms in total. The number of carbonyl (C=O) groups excluding carboxylic acids is 1. The van der Waals surface area contributed by atoms with Gasteiger partial charge in [-0.05, 0) is 30.7 Å². The van der Waals surface area contributed by atoms with Crippen molar-refractivity contribution in [2.24, 2.45) is 19.2 Å². The average Bonchev–Trinajstić information content (AvgIpc) is 2.65. The van der Waals surface area contributed by atoms with Crippen LogP contribution in [0.1, 0.15) is 21.6 Å². The Hall–Kier alpha value is -3.07. The Morgan fingerprint density at radius 1 is 1.19 bits per heavy atom. The lowest BCUT2D eigenvalue weighted by molar-refractivity contribution is 0.0954. The number of hydrogen-bond donors (Lipinski definition) is 1. The Morgan fingerprint density at radius 2 is 1.85 bits per heavy atom. The van der Waals surface area contributed by atoms with Gasteiger partial charge < -0.3 is 0 Å². The Kier molecular flexibility index (Phi) is 5.04. The number of nitrogens with zero attached hydrogens (tertiary/aromatic N) is 4. The smallest absolute Gasteiger partial charge is 0.280 e. The Labute approximate surface area is 162 Å². The summed E-state index contributed by atoms with van der Waals surface area (Å²) in [5.74, 6) is -0.494. The standard InChI is InChI=1S/C18H16BrN5O3/c1-10-13(16(25)22-20-9-11-4-6-12(19)7-5-11)8-14-15(21-10)23(2)18(27)24(3)17(14)26/h4-9H,1-3H3,(H,22,25). The molecular weight excluding hydrogens is 414 g/mol. The van der Waals surface area contributed by atoms with E-state index in [9.17, 15) is 14.4 Å². The number of aromatic nitrogens is 3. The summed E-state index contributed by atoms with van der Waals surface area (Å²) in [6, 6.07) is 8.84. The van der Waals surface area contributed by atoms with Gasteiger partial charge in [0.05, 0.1) is 22.9 Å². The molecule has 9 heteroatoms. The van der Waals surface area contributed by atoms with Gasteiger partial charge in [0.1, 0.15) is 5.65 Å². The number of carbonyl (C=O) groups is 1. The van der Waals surface area contributed by atoms with Crippen molar-refractivity contribution < 1.29 is 4.79 Å². The van der Waals surface area contributed by atoms with Crippen LogP contribution < -0.4 is 16.7 Å². The highest BCUT2D eigenvalue weighted by atomic mass is 79.9. The van der Waals surface area contributed by atoms with Crippen molar-refractivity contribution in [1.29, 1.82) is 0 Å². The van der Waals surface area contributed by atoms with Crippen molar-refractivity contribution in [1.82, 2.24) is 19.5 Å². The van der Waals surface area contributed by atoms with Crippen LogP contribution in [0.2, 0.25) is 0 Å². The zero-order valence-electron chi connectivity index (χ0n) is 14.9. The van der Waals surface area contributed by atoms with E-state index in [1.165, 1.54) is 30.9 Å². The quantitative estimate of drug-likeness (QED) is 0.503. The van der Waals surface area contributed by atoms with Gasteiger partial charge in [0.25, 0.3) is 11.5 Å². The molecular formula is C18H16BrN5O3. The molecule has 0 fully saturated rings. The highest BCUT2D eigenvalue weighted by Gasteiger charge is 2.16. The molecule has 0 aliphatic rings. The average molecular weight is 430 g/mol. The predicted octanol–water partition coefficient (Wildman–Crippen LogP) is 1.47. The fourth-order valence-electron chi connectivity index (χ4n) is 2.59. The third-order valence-corrected chi connectivity index (χ3v) is 4.64. The first-order valence-electron chi connectivity index (χ1n) is 7.96. The lowest BCUT2D eigenvalue weighted by Gasteiger charge is -2.10. The number of hydrazone groups is 1. The number of halogens is 1. The molecule has 0 aliphatic carbocycles. The summed E-state index contributed by atoms with van der Waals surface area (Å²) in [6.45, 7) is 1.63. The van der Waals surface area contributed by atoms with Crippen LogP contribution in [0, 0.1) is 6.92 Å². The van der Waals surface area contributed by atoms with Gasteiger partial charge in [-0.2, -0.15) is 5.10 Å². The van der Waals surface area contributed by atoms with Crippen molar-refractivity contribution >= 4 is 39.1 Å². The van der Waals surface area contributed by atoms with Gasteiger partial charge in [-0.25, -0.2) is 15.2 Å². The lowest BCUT2D eigenvalue weighted by atomic mass is 10.1. The molecule has 2 aromatic heterocycles. The minimum atomic E-state index is -0.506. The number of benzene rings is 1. The lowest BCUT2D eigenvalue weighted by Crippen LogP contribution is -2.37. The number of fused-ring (bicyclic) bond motifs is 1. The summed E-state index contributed by atoms with van der Waals surface area (Å²) < 4.78 is 3.20. The van der Waals surface area contributed by atoms with E-state index >= 15 is 0 Å². The van der Waals surface area contributed by atoms with Gasteiger partial charge >= 0.3 is 5.69 Å². The van der Waals surface area contributed by atoms with Crippen LogP contribution in [0.15, 0.2) is 49.5 Å². The van der Waals surface area contributed by atoms with Crippen molar-refractivity contribution in [2.75, 3.05) is 0 Å². The molecule has 2 heterocycles. The highest BCUT2D eigenvalue weighted by molar-refractivity contribution is 9.10. The van der Waals surface area contributed by atoms with Gasteiger partial charge in [0.2, 0.25) is 0 Å². The van der Waals surface area contributed by atoms with E-state index in [1.54, 1.807) is 6.92 Å². The first kappa shape index (κ1) is 18.7. The third-order valence-electron chi connectivity index (χ3n) is 4.11. The molecule has 3 aromatic rings.